The molecule has 108 valence electrons. The zero-order valence-corrected chi connectivity index (χ0v) is 12.6. The topological polar surface area (TPSA) is 58.4 Å². The molecule has 1 aliphatic rings. The lowest BCUT2D eigenvalue weighted by Gasteiger charge is -2.28. The molecule has 0 saturated carbocycles. The number of anilines is 1. The maximum Gasteiger partial charge on any atom is 0.199 e. The minimum absolute atomic E-state index is 0.775. The molecule has 0 aromatic carbocycles. The standard InChI is InChI=1S/C14H16N6S/c1-10-17-14-13(19-6-4-15-5-7-19)16-9-11(20(14)18-10)12-3-2-8-21-12/h2-3,8-9,15H,4-7H2,1H3. The van der Waals surface area contributed by atoms with E-state index in [1.54, 1.807) is 11.3 Å². The van der Waals surface area contributed by atoms with Crippen LogP contribution in [0.25, 0.3) is 16.2 Å². The van der Waals surface area contributed by atoms with E-state index < -0.39 is 0 Å². The highest BCUT2D eigenvalue weighted by atomic mass is 32.1. The zero-order valence-electron chi connectivity index (χ0n) is 11.8. The van der Waals surface area contributed by atoms with Crippen molar-refractivity contribution in [3.63, 3.8) is 0 Å². The minimum atomic E-state index is 0.775. The number of hydrogen-bond acceptors (Lipinski definition) is 6. The first-order valence-electron chi connectivity index (χ1n) is 7.05. The van der Waals surface area contributed by atoms with Gasteiger partial charge in [-0.25, -0.2) is 14.5 Å². The Morgan fingerprint density at radius 2 is 2.14 bits per heavy atom. The molecule has 21 heavy (non-hydrogen) atoms. The van der Waals surface area contributed by atoms with Gasteiger partial charge in [-0.3, -0.25) is 0 Å². The van der Waals surface area contributed by atoms with Gasteiger partial charge in [-0.05, 0) is 18.4 Å². The average molecular weight is 300 g/mol. The van der Waals surface area contributed by atoms with Crippen molar-refractivity contribution in [1.29, 1.82) is 0 Å². The summed E-state index contributed by atoms with van der Waals surface area (Å²) in [4.78, 5) is 12.7. The van der Waals surface area contributed by atoms with Gasteiger partial charge in [0.1, 0.15) is 11.5 Å². The molecule has 0 unspecified atom stereocenters. The Hall–Kier alpha value is -1.99. The minimum Gasteiger partial charge on any atom is -0.351 e. The van der Waals surface area contributed by atoms with Crippen LogP contribution >= 0.6 is 11.3 Å². The molecular formula is C14H16N6S. The van der Waals surface area contributed by atoms with Gasteiger partial charge >= 0.3 is 0 Å². The van der Waals surface area contributed by atoms with Crippen LogP contribution in [0, 0.1) is 6.92 Å². The van der Waals surface area contributed by atoms with E-state index in [1.165, 1.54) is 0 Å². The second kappa shape index (κ2) is 5.09. The van der Waals surface area contributed by atoms with Crippen molar-refractivity contribution in [2.75, 3.05) is 31.1 Å². The van der Waals surface area contributed by atoms with Gasteiger partial charge in [0.15, 0.2) is 11.5 Å². The van der Waals surface area contributed by atoms with Crippen molar-refractivity contribution in [2.24, 2.45) is 0 Å². The highest BCUT2D eigenvalue weighted by molar-refractivity contribution is 7.13. The third kappa shape index (κ3) is 2.18. The molecule has 1 saturated heterocycles. The van der Waals surface area contributed by atoms with Crippen LogP contribution in [-0.2, 0) is 0 Å². The summed E-state index contributed by atoms with van der Waals surface area (Å²) in [6.45, 7) is 5.79. The van der Waals surface area contributed by atoms with E-state index in [0.717, 1.165) is 54.0 Å². The summed E-state index contributed by atoms with van der Waals surface area (Å²) in [5.74, 6) is 1.70. The normalized spacial score (nSPS) is 15.8. The van der Waals surface area contributed by atoms with Crippen molar-refractivity contribution in [3.8, 4) is 10.6 Å². The summed E-state index contributed by atoms with van der Waals surface area (Å²) < 4.78 is 1.92. The quantitative estimate of drug-likeness (QED) is 0.778. The number of fused-ring (bicyclic) bond motifs is 1. The number of rotatable bonds is 2. The monoisotopic (exact) mass is 300 g/mol. The average Bonchev–Trinajstić information content (AvgIpc) is 3.15. The van der Waals surface area contributed by atoms with Crippen LogP contribution in [0.2, 0.25) is 0 Å². The molecule has 1 N–H and O–H groups in total. The number of aromatic nitrogens is 4. The molecule has 1 aliphatic heterocycles. The Labute approximate surface area is 126 Å². The van der Waals surface area contributed by atoms with Crippen LogP contribution in [0.1, 0.15) is 5.82 Å². The fraction of sp³-hybridized carbons (Fsp3) is 0.357. The lowest BCUT2D eigenvalue weighted by molar-refractivity contribution is 0.585. The van der Waals surface area contributed by atoms with Gasteiger partial charge in [-0.1, -0.05) is 6.07 Å². The molecule has 0 spiro atoms. The summed E-state index contributed by atoms with van der Waals surface area (Å²) >= 11 is 1.69. The van der Waals surface area contributed by atoms with Crippen molar-refractivity contribution in [1.82, 2.24) is 24.9 Å². The second-order valence-corrected chi connectivity index (χ2v) is 6.02. The summed E-state index contributed by atoms with van der Waals surface area (Å²) in [5, 5.41) is 9.98. The van der Waals surface area contributed by atoms with Crippen molar-refractivity contribution in [3.05, 3.63) is 29.5 Å². The van der Waals surface area contributed by atoms with Crippen molar-refractivity contribution < 1.29 is 0 Å². The smallest absolute Gasteiger partial charge is 0.199 e. The lowest BCUT2D eigenvalue weighted by atomic mass is 10.3. The maximum atomic E-state index is 4.68. The largest absolute Gasteiger partial charge is 0.351 e. The number of hydrogen-bond donors (Lipinski definition) is 1. The molecule has 3 aromatic heterocycles. The van der Waals surface area contributed by atoms with Crippen LogP contribution in [-0.4, -0.2) is 45.8 Å². The van der Waals surface area contributed by atoms with Crippen LogP contribution in [0.4, 0.5) is 5.82 Å². The predicted octanol–water partition coefficient (Wildman–Crippen LogP) is 1.57. The van der Waals surface area contributed by atoms with E-state index >= 15 is 0 Å². The van der Waals surface area contributed by atoms with Crippen molar-refractivity contribution in [2.45, 2.75) is 6.92 Å². The SMILES string of the molecule is Cc1nc2c(N3CCNCC3)ncc(-c3cccs3)n2n1. The van der Waals surface area contributed by atoms with Crippen molar-refractivity contribution >= 4 is 22.8 Å². The molecule has 0 radical (unpaired) electrons. The fourth-order valence-electron chi connectivity index (χ4n) is 2.65. The van der Waals surface area contributed by atoms with E-state index in [-0.39, 0.29) is 0 Å². The molecular weight excluding hydrogens is 284 g/mol. The molecule has 0 atom stereocenters. The van der Waals surface area contributed by atoms with E-state index in [4.69, 9.17) is 0 Å². The summed E-state index contributed by atoms with van der Waals surface area (Å²) in [6, 6.07) is 4.13. The lowest BCUT2D eigenvalue weighted by Crippen LogP contribution is -2.44. The number of nitrogens with one attached hydrogen (secondary N) is 1. The number of piperazine rings is 1. The number of aryl methyl sites for hydroxylation is 1. The van der Waals surface area contributed by atoms with Crippen LogP contribution in [0.5, 0.6) is 0 Å². The van der Waals surface area contributed by atoms with Gasteiger partial charge in [0.2, 0.25) is 0 Å². The summed E-state index contributed by atoms with van der Waals surface area (Å²) in [6.07, 6.45) is 1.91. The van der Waals surface area contributed by atoms with Gasteiger partial charge < -0.3 is 10.2 Å². The highest BCUT2D eigenvalue weighted by Crippen LogP contribution is 2.27. The van der Waals surface area contributed by atoms with E-state index in [1.807, 2.05) is 23.7 Å². The fourth-order valence-corrected chi connectivity index (χ4v) is 3.38. The predicted molar refractivity (Wildman–Crippen MR) is 83.9 cm³/mol. The van der Waals surface area contributed by atoms with E-state index in [2.05, 4.69) is 36.7 Å². The van der Waals surface area contributed by atoms with Gasteiger partial charge in [0, 0.05) is 26.2 Å². The molecule has 6 nitrogen and oxygen atoms in total. The first kappa shape index (κ1) is 12.7. The second-order valence-electron chi connectivity index (χ2n) is 5.08. The molecule has 4 rings (SSSR count). The molecule has 4 heterocycles. The molecule has 3 aromatic rings. The highest BCUT2D eigenvalue weighted by Gasteiger charge is 2.19. The Morgan fingerprint density at radius 3 is 2.90 bits per heavy atom. The summed E-state index contributed by atoms with van der Waals surface area (Å²) in [7, 11) is 0. The molecule has 0 amide bonds. The van der Waals surface area contributed by atoms with E-state index in [9.17, 15) is 0 Å². The zero-order chi connectivity index (χ0) is 14.2. The van der Waals surface area contributed by atoms with Crippen LogP contribution < -0.4 is 10.2 Å². The maximum absolute atomic E-state index is 4.68. The third-order valence-electron chi connectivity index (χ3n) is 3.64. The Balaban J connectivity index is 1.88. The Morgan fingerprint density at radius 1 is 1.29 bits per heavy atom. The Kier molecular flexibility index (Phi) is 3.08. The van der Waals surface area contributed by atoms with E-state index in [0.29, 0.717) is 0 Å². The molecule has 1 fully saturated rings. The van der Waals surface area contributed by atoms with Crippen LogP contribution in [0.3, 0.4) is 0 Å². The molecule has 0 bridgehead atoms. The first-order valence-corrected chi connectivity index (χ1v) is 7.93. The molecule has 0 aliphatic carbocycles. The van der Waals surface area contributed by atoms with Gasteiger partial charge in [-0.15, -0.1) is 11.3 Å². The Bertz CT molecular complexity index is 757. The third-order valence-corrected chi connectivity index (χ3v) is 4.53. The van der Waals surface area contributed by atoms with Gasteiger partial charge in [0.05, 0.1) is 11.1 Å². The number of thiophene rings is 1. The van der Waals surface area contributed by atoms with Gasteiger partial charge in [-0.2, -0.15) is 5.10 Å². The van der Waals surface area contributed by atoms with Gasteiger partial charge in [0.25, 0.3) is 0 Å². The summed E-state index contributed by atoms with van der Waals surface area (Å²) in [5.41, 5.74) is 1.85. The number of nitrogens with zero attached hydrogens (tertiary/aromatic N) is 5. The molecule has 7 heteroatoms. The van der Waals surface area contributed by atoms with Crippen LogP contribution in [0.15, 0.2) is 23.7 Å². The first-order chi connectivity index (χ1) is 10.3.